The van der Waals surface area contributed by atoms with Crippen LogP contribution >= 0.6 is 23.2 Å². The number of anilines is 1. The highest BCUT2D eigenvalue weighted by Gasteiger charge is 2.69. The monoisotopic (exact) mass is 542 g/mol. The molecule has 1 saturated heterocycles. The Morgan fingerprint density at radius 3 is 2.35 bits per heavy atom. The summed E-state index contributed by atoms with van der Waals surface area (Å²) in [7, 11) is 1.62. The maximum atomic E-state index is 13.5. The van der Waals surface area contributed by atoms with E-state index in [0.717, 1.165) is 16.7 Å². The topological polar surface area (TPSA) is 98.8 Å². The van der Waals surface area contributed by atoms with E-state index in [-0.39, 0.29) is 30.3 Å². The van der Waals surface area contributed by atoms with E-state index in [0.29, 0.717) is 24.9 Å². The smallest absolute Gasteiger partial charge is 0.324 e. The summed E-state index contributed by atoms with van der Waals surface area (Å²) >= 11 is 12.6. The van der Waals surface area contributed by atoms with Crippen LogP contribution in [0.2, 0.25) is 0 Å². The number of carbonyl (C=O) groups excluding carboxylic acids is 4. The number of likely N-dealkylation sites (N-methyl/N-ethyl adjacent to an activating group) is 1. The van der Waals surface area contributed by atoms with Crippen molar-refractivity contribution in [2.75, 3.05) is 18.9 Å². The first-order valence-electron chi connectivity index (χ1n) is 12.1. The fourth-order valence-corrected chi connectivity index (χ4v) is 6.07. The van der Waals surface area contributed by atoms with Crippen LogP contribution in [0.25, 0.3) is 0 Å². The quantitative estimate of drug-likeness (QED) is 0.428. The first-order chi connectivity index (χ1) is 17.4. The molecule has 1 unspecified atom stereocenters. The number of hydrogen-bond donors (Lipinski definition) is 2. The molecule has 10 heteroatoms. The van der Waals surface area contributed by atoms with E-state index in [4.69, 9.17) is 23.2 Å². The van der Waals surface area contributed by atoms with Gasteiger partial charge in [-0.15, -0.1) is 23.2 Å². The molecule has 1 heterocycles. The minimum Gasteiger partial charge on any atom is -0.326 e. The van der Waals surface area contributed by atoms with Crippen LogP contribution in [-0.4, -0.2) is 57.0 Å². The van der Waals surface area contributed by atoms with E-state index in [1.807, 2.05) is 49.4 Å². The SMILES string of the molecule is C[C@H](c1ccccc1)N(CC(=O)Nc1ccc2c(c1)C[C@@]1(C2)C(=O)NC(=O)N1C)C(=O)C1(C)CC1(Cl)Cl. The molecule has 2 aromatic carbocycles. The van der Waals surface area contributed by atoms with Gasteiger partial charge in [0.05, 0.1) is 11.5 Å². The van der Waals surface area contributed by atoms with E-state index in [1.54, 1.807) is 20.0 Å². The van der Waals surface area contributed by atoms with Crippen LogP contribution in [0, 0.1) is 5.41 Å². The summed E-state index contributed by atoms with van der Waals surface area (Å²) in [6, 6.07) is 14.1. The molecule has 3 atom stereocenters. The van der Waals surface area contributed by atoms with Crippen molar-refractivity contribution >= 4 is 52.6 Å². The molecule has 1 saturated carbocycles. The zero-order valence-electron chi connectivity index (χ0n) is 20.8. The number of halogens is 2. The van der Waals surface area contributed by atoms with Crippen LogP contribution in [0.5, 0.6) is 0 Å². The number of alkyl halides is 2. The Morgan fingerprint density at radius 2 is 1.76 bits per heavy atom. The van der Waals surface area contributed by atoms with Gasteiger partial charge < -0.3 is 15.1 Å². The zero-order chi connectivity index (χ0) is 26.8. The largest absolute Gasteiger partial charge is 0.326 e. The molecule has 2 N–H and O–H groups in total. The highest BCUT2D eigenvalue weighted by atomic mass is 35.5. The summed E-state index contributed by atoms with van der Waals surface area (Å²) < 4.78 is -1.16. The third-order valence-electron chi connectivity index (χ3n) is 8.10. The van der Waals surface area contributed by atoms with Crippen molar-refractivity contribution in [3.63, 3.8) is 0 Å². The molecule has 8 nitrogen and oxygen atoms in total. The molecule has 0 aromatic heterocycles. The number of nitrogens with one attached hydrogen (secondary N) is 2. The first-order valence-corrected chi connectivity index (χ1v) is 12.9. The van der Waals surface area contributed by atoms with Crippen molar-refractivity contribution in [3.8, 4) is 0 Å². The molecule has 5 amide bonds. The molecule has 0 radical (unpaired) electrons. The van der Waals surface area contributed by atoms with Crippen LogP contribution < -0.4 is 10.6 Å². The second-order valence-electron chi connectivity index (χ2n) is 10.5. The van der Waals surface area contributed by atoms with Crippen molar-refractivity contribution in [2.45, 2.75) is 49.0 Å². The highest BCUT2D eigenvalue weighted by molar-refractivity contribution is 6.53. The molecule has 37 heavy (non-hydrogen) atoms. The molecule has 3 aliphatic rings. The third-order valence-corrected chi connectivity index (χ3v) is 9.20. The number of fused-ring (bicyclic) bond motifs is 1. The number of hydrogen-bond acceptors (Lipinski definition) is 4. The van der Waals surface area contributed by atoms with Crippen molar-refractivity contribution in [1.29, 1.82) is 0 Å². The van der Waals surface area contributed by atoms with Crippen LogP contribution in [0.1, 0.15) is 43.0 Å². The lowest BCUT2D eigenvalue weighted by molar-refractivity contribution is -0.141. The van der Waals surface area contributed by atoms with Crippen molar-refractivity contribution < 1.29 is 19.2 Å². The van der Waals surface area contributed by atoms with E-state index in [9.17, 15) is 19.2 Å². The van der Waals surface area contributed by atoms with Gasteiger partial charge in [0, 0.05) is 25.6 Å². The van der Waals surface area contributed by atoms with Gasteiger partial charge in [-0.05, 0) is 49.1 Å². The number of nitrogens with zero attached hydrogens (tertiary/aromatic N) is 2. The van der Waals surface area contributed by atoms with Crippen LogP contribution in [0.15, 0.2) is 48.5 Å². The van der Waals surface area contributed by atoms with Crippen LogP contribution in [-0.2, 0) is 27.2 Å². The minimum atomic E-state index is -1.16. The average Bonchev–Trinajstić information content (AvgIpc) is 3.12. The lowest BCUT2D eigenvalue weighted by Gasteiger charge is -2.32. The lowest BCUT2D eigenvalue weighted by atomic mass is 9.95. The summed E-state index contributed by atoms with van der Waals surface area (Å²) in [6.07, 6.45) is 1.10. The standard InChI is InChI=1S/C27H28Cl2N4O4/c1-16(17-7-5-4-6-8-17)33(23(36)25(2)15-27(25,28)29)14-21(34)30-20-10-9-18-12-26(13-19(18)11-20)22(35)31-24(37)32(26)3/h4-11,16H,12-15H2,1-3H3,(H,30,34)(H,31,35,37)/t16-,25?,26+/m1/s1. The van der Waals surface area contributed by atoms with Gasteiger partial charge in [-0.3, -0.25) is 19.7 Å². The lowest BCUT2D eigenvalue weighted by Crippen LogP contribution is -2.48. The van der Waals surface area contributed by atoms with Gasteiger partial charge >= 0.3 is 6.03 Å². The molecule has 1 aliphatic heterocycles. The number of benzene rings is 2. The zero-order valence-corrected chi connectivity index (χ0v) is 22.3. The summed E-state index contributed by atoms with van der Waals surface area (Å²) in [4.78, 5) is 54.3. The minimum absolute atomic E-state index is 0.186. The maximum absolute atomic E-state index is 13.5. The van der Waals surface area contributed by atoms with Gasteiger partial charge in [0.15, 0.2) is 0 Å². The Balaban J connectivity index is 1.33. The fourth-order valence-electron chi connectivity index (χ4n) is 5.38. The molecule has 0 bridgehead atoms. The summed E-state index contributed by atoms with van der Waals surface area (Å²) in [5.74, 6) is -0.956. The number of rotatable bonds is 6. The Morgan fingerprint density at radius 1 is 1.11 bits per heavy atom. The summed E-state index contributed by atoms with van der Waals surface area (Å²) in [6.45, 7) is 3.40. The van der Waals surface area contributed by atoms with Gasteiger partial charge in [-0.25, -0.2) is 4.79 Å². The number of carbonyl (C=O) groups is 4. The molecule has 2 aliphatic carbocycles. The second kappa shape index (κ2) is 8.74. The van der Waals surface area contributed by atoms with E-state index >= 15 is 0 Å². The Kier molecular flexibility index (Phi) is 6.03. The molecular weight excluding hydrogens is 515 g/mol. The normalized spacial score (nSPS) is 26.0. The van der Waals surface area contributed by atoms with Gasteiger partial charge in [0.25, 0.3) is 5.91 Å². The average molecular weight is 543 g/mol. The predicted molar refractivity (Wildman–Crippen MR) is 140 cm³/mol. The van der Waals surface area contributed by atoms with Gasteiger partial charge in [-0.1, -0.05) is 36.4 Å². The van der Waals surface area contributed by atoms with E-state index < -0.39 is 21.3 Å². The van der Waals surface area contributed by atoms with Gasteiger partial charge in [0.2, 0.25) is 11.8 Å². The summed E-state index contributed by atoms with van der Waals surface area (Å²) in [5.41, 5.74) is 1.37. The van der Waals surface area contributed by atoms with Crippen LogP contribution in [0.4, 0.5) is 10.5 Å². The number of imide groups is 1. The van der Waals surface area contributed by atoms with Crippen molar-refractivity contribution in [3.05, 3.63) is 65.2 Å². The molecule has 2 aromatic rings. The Hall–Kier alpha value is -3.10. The van der Waals surface area contributed by atoms with E-state index in [1.165, 1.54) is 9.80 Å². The maximum Gasteiger partial charge on any atom is 0.324 e. The van der Waals surface area contributed by atoms with Crippen LogP contribution in [0.3, 0.4) is 0 Å². The van der Waals surface area contributed by atoms with E-state index in [2.05, 4.69) is 10.6 Å². The predicted octanol–water partition coefficient (Wildman–Crippen LogP) is 3.82. The number of urea groups is 1. The highest BCUT2D eigenvalue weighted by Crippen LogP contribution is 2.64. The molecule has 5 rings (SSSR count). The molecule has 194 valence electrons. The Bertz CT molecular complexity index is 1320. The van der Waals surface area contributed by atoms with Gasteiger partial charge in [-0.2, -0.15) is 0 Å². The van der Waals surface area contributed by atoms with Crippen molar-refractivity contribution in [1.82, 2.24) is 15.1 Å². The number of amides is 5. The Labute approximate surface area is 225 Å². The molecular formula is C27H28Cl2N4O4. The molecule has 2 fully saturated rings. The summed E-state index contributed by atoms with van der Waals surface area (Å²) in [5, 5.41) is 5.27. The van der Waals surface area contributed by atoms with Gasteiger partial charge in [0.1, 0.15) is 16.4 Å². The third kappa shape index (κ3) is 4.16. The first kappa shape index (κ1) is 25.5. The fraction of sp³-hybridized carbons (Fsp3) is 0.407. The van der Waals surface area contributed by atoms with Crippen molar-refractivity contribution in [2.24, 2.45) is 5.41 Å². The second-order valence-corrected chi connectivity index (χ2v) is 12.0. The molecule has 1 spiro atoms.